The fourth-order valence-electron chi connectivity index (χ4n) is 5.50. The molecule has 0 bridgehead atoms. The first-order valence-electron chi connectivity index (χ1n) is 12.5. The number of carboxylic acids is 1. The zero-order chi connectivity index (χ0) is 25.0. The number of nitrogens with zero attached hydrogens (tertiary/aromatic N) is 1. The molecule has 4 rings (SSSR count). The van der Waals surface area contributed by atoms with Crippen LogP contribution in [0.2, 0.25) is 0 Å². The Morgan fingerprint density at radius 1 is 1.00 bits per heavy atom. The standard InChI is InChI=1S/C28H34N2O5/c1-3-28(4-2,26(33)30-16-10-9-15-24(30)25(31)32)18-29-27(34)35-17-23-21-13-7-5-11-19(21)20-12-6-8-14-22(20)23/h5-8,11-14,23-24H,3-4,9-10,15-18H2,1-2H3,(H,29,34)(H,31,32). The first-order chi connectivity index (χ1) is 16.9. The number of carbonyl (C=O) groups excluding carboxylic acids is 2. The van der Waals surface area contributed by atoms with Crippen molar-refractivity contribution in [1.29, 1.82) is 0 Å². The number of hydrogen-bond donors (Lipinski definition) is 2. The highest BCUT2D eigenvalue weighted by Gasteiger charge is 2.43. The predicted octanol–water partition coefficient (Wildman–Crippen LogP) is 4.80. The molecular formula is C28H34N2O5. The molecule has 2 aromatic carbocycles. The number of alkyl carbamates (subject to hydrolysis) is 1. The lowest BCUT2D eigenvalue weighted by atomic mass is 9.79. The quantitative estimate of drug-likeness (QED) is 0.568. The van der Waals surface area contributed by atoms with Gasteiger partial charge in [-0.05, 0) is 54.4 Å². The summed E-state index contributed by atoms with van der Waals surface area (Å²) in [5, 5.41) is 12.4. The third kappa shape index (κ3) is 4.77. The third-order valence-corrected chi connectivity index (χ3v) is 7.77. The van der Waals surface area contributed by atoms with Crippen molar-refractivity contribution in [1.82, 2.24) is 10.2 Å². The number of amides is 2. The van der Waals surface area contributed by atoms with E-state index in [0.717, 1.165) is 35.1 Å². The molecule has 0 saturated carbocycles. The second-order valence-corrected chi connectivity index (χ2v) is 9.51. The summed E-state index contributed by atoms with van der Waals surface area (Å²) in [5.41, 5.74) is 3.73. The minimum Gasteiger partial charge on any atom is -0.480 e. The number of aliphatic carboxylic acids is 1. The molecule has 2 amide bonds. The lowest BCUT2D eigenvalue weighted by molar-refractivity contribution is -0.157. The molecule has 186 valence electrons. The lowest BCUT2D eigenvalue weighted by Crippen LogP contribution is -2.56. The molecule has 1 aliphatic heterocycles. The molecule has 1 saturated heterocycles. The largest absolute Gasteiger partial charge is 0.480 e. The third-order valence-electron chi connectivity index (χ3n) is 7.77. The molecule has 0 radical (unpaired) electrons. The van der Waals surface area contributed by atoms with Crippen molar-refractivity contribution >= 4 is 18.0 Å². The number of benzene rings is 2. The fraction of sp³-hybridized carbons (Fsp3) is 0.464. The van der Waals surface area contributed by atoms with E-state index in [1.54, 1.807) is 0 Å². The van der Waals surface area contributed by atoms with E-state index < -0.39 is 23.5 Å². The molecule has 7 heteroatoms. The summed E-state index contributed by atoms with van der Waals surface area (Å²) in [5.74, 6) is -1.21. The van der Waals surface area contributed by atoms with Crippen LogP contribution in [0, 0.1) is 5.41 Å². The number of likely N-dealkylation sites (tertiary alicyclic amines) is 1. The van der Waals surface area contributed by atoms with Crippen LogP contribution in [0.25, 0.3) is 11.1 Å². The number of carboxylic acid groups (broad SMARTS) is 1. The Bertz CT molecular complexity index is 1050. The van der Waals surface area contributed by atoms with E-state index in [1.807, 2.05) is 38.1 Å². The number of piperidine rings is 1. The average Bonchev–Trinajstić information content (AvgIpc) is 3.21. The van der Waals surface area contributed by atoms with Crippen LogP contribution >= 0.6 is 0 Å². The Morgan fingerprint density at radius 3 is 2.17 bits per heavy atom. The number of rotatable bonds is 8. The molecule has 1 heterocycles. The molecule has 1 atom stereocenters. The van der Waals surface area contributed by atoms with Crippen molar-refractivity contribution in [3.8, 4) is 11.1 Å². The highest BCUT2D eigenvalue weighted by Crippen LogP contribution is 2.44. The maximum atomic E-state index is 13.5. The summed E-state index contributed by atoms with van der Waals surface area (Å²) in [6.07, 6.45) is 2.47. The highest BCUT2D eigenvalue weighted by atomic mass is 16.5. The van der Waals surface area contributed by atoms with Gasteiger partial charge in [0, 0.05) is 19.0 Å². The average molecular weight is 479 g/mol. The Morgan fingerprint density at radius 2 is 1.60 bits per heavy atom. The van der Waals surface area contributed by atoms with Crippen LogP contribution in [0.3, 0.4) is 0 Å². The van der Waals surface area contributed by atoms with Crippen molar-refractivity contribution < 1.29 is 24.2 Å². The zero-order valence-corrected chi connectivity index (χ0v) is 20.5. The SMILES string of the molecule is CCC(CC)(CNC(=O)OCC1c2ccccc2-c2ccccc21)C(=O)N1CCCCC1C(=O)O. The van der Waals surface area contributed by atoms with E-state index in [0.29, 0.717) is 25.8 Å². The number of fused-ring (bicyclic) bond motifs is 3. The molecule has 0 aromatic heterocycles. The van der Waals surface area contributed by atoms with Gasteiger partial charge in [0.15, 0.2) is 0 Å². The van der Waals surface area contributed by atoms with E-state index in [1.165, 1.54) is 4.90 Å². The number of hydrogen-bond acceptors (Lipinski definition) is 4. The van der Waals surface area contributed by atoms with E-state index in [4.69, 9.17) is 4.74 Å². The molecule has 7 nitrogen and oxygen atoms in total. The maximum absolute atomic E-state index is 13.5. The first-order valence-corrected chi connectivity index (χ1v) is 12.5. The van der Waals surface area contributed by atoms with Crippen LogP contribution in [0.15, 0.2) is 48.5 Å². The summed E-state index contributed by atoms with van der Waals surface area (Å²) in [4.78, 5) is 39.5. The van der Waals surface area contributed by atoms with E-state index in [2.05, 4.69) is 29.6 Å². The van der Waals surface area contributed by atoms with Crippen molar-refractivity contribution in [2.24, 2.45) is 5.41 Å². The number of ether oxygens (including phenoxy) is 1. The second-order valence-electron chi connectivity index (χ2n) is 9.51. The Balaban J connectivity index is 1.41. The minimum absolute atomic E-state index is 0.0402. The summed E-state index contributed by atoms with van der Waals surface area (Å²) in [6.45, 7) is 4.55. The second kappa shape index (κ2) is 10.5. The molecular weight excluding hydrogens is 444 g/mol. The predicted molar refractivity (Wildman–Crippen MR) is 133 cm³/mol. The van der Waals surface area contributed by atoms with Crippen molar-refractivity contribution in [3.05, 3.63) is 59.7 Å². The number of nitrogens with one attached hydrogen (secondary N) is 1. The molecule has 1 fully saturated rings. The van der Waals surface area contributed by atoms with Crippen LogP contribution < -0.4 is 5.32 Å². The van der Waals surface area contributed by atoms with Crippen LogP contribution in [0.5, 0.6) is 0 Å². The van der Waals surface area contributed by atoms with Crippen LogP contribution in [-0.2, 0) is 14.3 Å². The van der Waals surface area contributed by atoms with Gasteiger partial charge in [0.1, 0.15) is 12.6 Å². The van der Waals surface area contributed by atoms with Gasteiger partial charge in [-0.25, -0.2) is 9.59 Å². The van der Waals surface area contributed by atoms with Crippen LogP contribution in [0.4, 0.5) is 4.79 Å². The number of carbonyl (C=O) groups is 3. The topological polar surface area (TPSA) is 95.9 Å². The van der Waals surface area contributed by atoms with Gasteiger partial charge in [0.2, 0.25) is 5.91 Å². The van der Waals surface area contributed by atoms with Crippen LogP contribution in [0.1, 0.15) is 63.0 Å². The monoisotopic (exact) mass is 478 g/mol. The molecule has 1 unspecified atom stereocenters. The van der Waals surface area contributed by atoms with Gasteiger partial charge in [0.05, 0.1) is 5.41 Å². The smallest absolute Gasteiger partial charge is 0.407 e. The Kier molecular flexibility index (Phi) is 7.43. The van der Waals surface area contributed by atoms with Crippen molar-refractivity contribution in [2.45, 2.75) is 57.9 Å². The van der Waals surface area contributed by atoms with Crippen LogP contribution in [-0.4, -0.2) is 53.7 Å². The summed E-state index contributed by atoms with van der Waals surface area (Å²) in [6, 6.07) is 15.5. The van der Waals surface area contributed by atoms with Gasteiger partial charge < -0.3 is 20.1 Å². The van der Waals surface area contributed by atoms with Crippen molar-refractivity contribution in [2.75, 3.05) is 19.7 Å². The minimum atomic E-state index is -0.969. The van der Waals surface area contributed by atoms with Gasteiger partial charge >= 0.3 is 12.1 Å². The van der Waals surface area contributed by atoms with Crippen molar-refractivity contribution in [3.63, 3.8) is 0 Å². The first kappa shape index (κ1) is 24.8. The highest BCUT2D eigenvalue weighted by molar-refractivity contribution is 5.88. The maximum Gasteiger partial charge on any atom is 0.407 e. The molecule has 0 spiro atoms. The summed E-state index contributed by atoms with van der Waals surface area (Å²) < 4.78 is 5.64. The molecule has 2 N–H and O–H groups in total. The molecule has 1 aliphatic carbocycles. The Labute approximate surface area is 206 Å². The van der Waals surface area contributed by atoms with E-state index in [9.17, 15) is 19.5 Å². The fourth-order valence-corrected chi connectivity index (χ4v) is 5.50. The normalized spacial score (nSPS) is 17.4. The van der Waals surface area contributed by atoms with Gasteiger partial charge in [-0.15, -0.1) is 0 Å². The summed E-state index contributed by atoms with van der Waals surface area (Å²) in [7, 11) is 0. The van der Waals surface area contributed by atoms with Gasteiger partial charge in [-0.1, -0.05) is 62.4 Å². The summed E-state index contributed by atoms with van der Waals surface area (Å²) >= 11 is 0. The van der Waals surface area contributed by atoms with E-state index >= 15 is 0 Å². The Hall–Kier alpha value is -3.35. The zero-order valence-electron chi connectivity index (χ0n) is 20.5. The molecule has 2 aliphatic rings. The van der Waals surface area contributed by atoms with E-state index in [-0.39, 0.29) is 25.0 Å². The molecule has 2 aromatic rings. The van der Waals surface area contributed by atoms with Gasteiger partial charge in [-0.3, -0.25) is 4.79 Å². The lowest BCUT2D eigenvalue weighted by Gasteiger charge is -2.40. The molecule has 35 heavy (non-hydrogen) atoms. The van der Waals surface area contributed by atoms with Gasteiger partial charge in [-0.2, -0.15) is 0 Å². The van der Waals surface area contributed by atoms with Gasteiger partial charge in [0.25, 0.3) is 0 Å².